The highest BCUT2D eigenvalue weighted by Gasteiger charge is 1.93. The van der Waals surface area contributed by atoms with Gasteiger partial charge in [-0.25, -0.2) is 0 Å². The van der Waals surface area contributed by atoms with Gasteiger partial charge in [-0.1, -0.05) is 48.1 Å². The van der Waals surface area contributed by atoms with Crippen molar-refractivity contribution in [2.75, 3.05) is 0 Å². The second kappa shape index (κ2) is 13.7. The summed E-state index contributed by atoms with van der Waals surface area (Å²) in [5, 5.41) is 9.06. The summed E-state index contributed by atoms with van der Waals surface area (Å²) in [6, 6.07) is 0. The van der Waals surface area contributed by atoms with E-state index in [2.05, 4.69) is 23.7 Å². The number of aliphatic hydroxyl groups excluding tert-OH is 1. The van der Waals surface area contributed by atoms with E-state index in [9.17, 15) is 0 Å². The number of halogens is 1. The number of hydrogen-bond donors (Lipinski definition) is 1. The molecule has 0 fully saturated rings. The second-order valence-electron chi connectivity index (χ2n) is 3.75. The number of allylic oxidation sites excluding steroid dienone is 5. The first-order valence-electron chi connectivity index (χ1n) is 6.03. The number of hydrogen-bond acceptors (Lipinski definition) is 1. The summed E-state index contributed by atoms with van der Waals surface area (Å²) in [5.74, 6) is 11.0. The van der Waals surface area contributed by atoms with Crippen molar-refractivity contribution in [1.29, 1.82) is 0 Å². The van der Waals surface area contributed by atoms with E-state index >= 15 is 0 Å². The van der Waals surface area contributed by atoms with Crippen LogP contribution in [0.15, 0.2) is 35.9 Å². The molecule has 0 spiro atoms. The Hall–Kier alpha value is -1.41. The quantitative estimate of drug-likeness (QED) is 0.439. The van der Waals surface area contributed by atoms with E-state index < -0.39 is 0 Å². The summed E-state index contributed by atoms with van der Waals surface area (Å²) in [6.45, 7) is 1.82. The maximum atomic E-state index is 9.06. The van der Waals surface area contributed by atoms with E-state index in [0.29, 0.717) is 0 Å². The standard InChI is InChI=1S/C16H19ClO/c1-16(18)14-12-10-8-6-4-2-3-5-7-9-11-13-15-17/h4,6,9,11,13,15-16,18H,8,10,12,14H2,1H3/b6-4-,11-9+,15-13-. The summed E-state index contributed by atoms with van der Waals surface area (Å²) in [5.41, 5.74) is 1.42. The Kier molecular flexibility index (Phi) is 12.6. The maximum absolute atomic E-state index is 9.06. The predicted octanol–water partition coefficient (Wildman–Crippen LogP) is 3.80. The number of aliphatic hydroxyl groups is 1. The zero-order valence-electron chi connectivity index (χ0n) is 10.7. The highest BCUT2D eigenvalue weighted by Crippen LogP contribution is 2.03. The molecule has 0 radical (unpaired) electrons. The number of unbranched alkanes of at least 4 members (excludes halogenated alkanes) is 2. The summed E-state index contributed by atoms with van der Waals surface area (Å²) in [4.78, 5) is 0. The van der Waals surface area contributed by atoms with Crippen molar-refractivity contribution in [3.63, 3.8) is 0 Å². The van der Waals surface area contributed by atoms with Gasteiger partial charge in [-0.15, -0.1) is 0 Å². The van der Waals surface area contributed by atoms with Crippen LogP contribution < -0.4 is 0 Å². The Labute approximate surface area is 115 Å². The Morgan fingerprint density at radius 2 is 1.83 bits per heavy atom. The lowest BCUT2D eigenvalue weighted by molar-refractivity contribution is 0.181. The smallest absolute Gasteiger partial charge is 0.0512 e. The van der Waals surface area contributed by atoms with Crippen LogP contribution in [0.5, 0.6) is 0 Å². The molecule has 0 aromatic rings. The van der Waals surface area contributed by atoms with Crippen molar-refractivity contribution in [2.24, 2.45) is 0 Å². The van der Waals surface area contributed by atoms with E-state index in [-0.39, 0.29) is 6.10 Å². The van der Waals surface area contributed by atoms with E-state index in [1.165, 1.54) is 5.54 Å². The molecule has 0 heterocycles. The summed E-state index contributed by atoms with van der Waals surface area (Å²) in [6.07, 6.45) is 12.8. The lowest BCUT2D eigenvalue weighted by atomic mass is 10.1. The normalized spacial score (nSPS) is 12.4. The molecule has 0 saturated heterocycles. The SMILES string of the molecule is CC(O)CCCC/C=C\C#CC#C/C=C/C=C\Cl. The molecule has 96 valence electrons. The molecule has 1 atom stereocenters. The molecule has 2 heteroatoms. The molecular weight excluding hydrogens is 244 g/mol. The van der Waals surface area contributed by atoms with E-state index in [1.54, 1.807) is 18.2 Å². The minimum atomic E-state index is -0.189. The third kappa shape index (κ3) is 14.6. The van der Waals surface area contributed by atoms with Crippen LogP contribution in [-0.4, -0.2) is 11.2 Å². The van der Waals surface area contributed by atoms with Crippen LogP contribution in [0.25, 0.3) is 0 Å². The zero-order chi connectivity index (χ0) is 13.5. The fourth-order valence-corrected chi connectivity index (χ4v) is 1.23. The van der Waals surface area contributed by atoms with Gasteiger partial charge >= 0.3 is 0 Å². The average molecular weight is 263 g/mol. The number of rotatable bonds is 6. The Balaban J connectivity index is 3.63. The van der Waals surface area contributed by atoms with Gasteiger partial charge in [0.05, 0.1) is 6.10 Å². The topological polar surface area (TPSA) is 20.2 Å². The van der Waals surface area contributed by atoms with E-state index in [0.717, 1.165) is 25.7 Å². The molecule has 0 amide bonds. The molecule has 0 saturated carbocycles. The van der Waals surface area contributed by atoms with Crippen LogP contribution in [-0.2, 0) is 0 Å². The molecule has 1 nitrogen and oxygen atoms in total. The van der Waals surface area contributed by atoms with Crippen molar-refractivity contribution < 1.29 is 5.11 Å². The molecule has 1 unspecified atom stereocenters. The van der Waals surface area contributed by atoms with Gasteiger partial charge in [-0.3, -0.25) is 0 Å². The second-order valence-corrected chi connectivity index (χ2v) is 4.00. The van der Waals surface area contributed by atoms with E-state index in [1.807, 2.05) is 19.1 Å². The fraction of sp³-hybridized carbons (Fsp3) is 0.375. The molecule has 0 aliphatic rings. The Bertz CT molecular complexity index is 394. The first kappa shape index (κ1) is 16.6. The van der Waals surface area contributed by atoms with Crippen LogP contribution in [0.4, 0.5) is 0 Å². The Morgan fingerprint density at radius 3 is 2.50 bits per heavy atom. The molecule has 0 aliphatic heterocycles. The molecule has 0 aliphatic carbocycles. The third-order valence-electron chi connectivity index (χ3n) is 2.01. The van der Waals surface area contributed by atoms with Crippen molar-refractivity contribution >= 4 is 11.6 Å². The van der Waals surface area contributed by atoms with Crippen LogP contribution in [0.2, 0.25) is 0 Å². The van der Waals surface area contributed by atoms with E-state index in [4.69, 9.17) is 16.7 Å². The van der Waals surface area contributed by atoms with Gasteiger partial charge in [-0.05, 0) is 50.2 Å². The minimum Gasteiger partial charge on any atom is -0.393 e. The van der Waals surface area contributed by atoms with Crippen molar-refractivity contribution in [2.45, 2.75) is 38.7 Å². The Morgan fingerprint density at radius 1 is 1.11 bits per heavy atom. The summed E-state index contributed by atoms with van der Waals surface area (Å²) < 4.78 is 0. The van der Waals surface area contributed by atoms with Gasteiger partial charge in [0.25, 0.3) is 0 Å². The van der Waals surface area contributed by atoms with Crippen LogP contribution in [0, 0.1) is 23.7 Å². The summed E-state index contributed by atoms with van der Waals surface area (Å²) >= 11 is 5.32. The molecule has 0 aromatic carbocycles. The van der Waals surface area contributed by atoms with Crippen LogP contribution >= 0.6 is 11.6 Å². The lowest BCUT2D eigenvalue weighted by Crippen LogP contribution is -1.97. The molecule has 0 bridgehead atoms. The zero-order valence-corrected chi connectivity index (χ0v) is 11.5. The molecule has 0 aromatic heterocycles. The third-order valence-corrected chi connectivity index (χ3v) is 2.16. The largest absolute Gasteiger partial charge is 0.393 e. The van der Waals surface area contributed by atoms with Gasteiger partial charge in [-0.2, -0.15) is 0 Å². The molecule has 1 N–H and O–H groups in total. The van der Waals surface area contributed by atoms with Crippen molar-refractivity contribution in [3.8, 4) is 23.7 Å². The van der Waals surface area contributed by atoms with Crippen molar-refractivity contribution in [1.82, 2.24) is 0 Å². The first-order chi connectivity index (χ1) is 8.77. The van der Waals surface area contributed by atoms with Crippen molar-refractivity contribution in [3.05, 3.63) is 35.9 Å². The average Bonchev–Trinajstić information content (AvgIpc) is 2.34. The molecule has 18 heavy (non-hydrogen) atoms. The van der Waals surface area contributed by atoms with Gasteiger partial charge in [0, 0.05) is 5.54 Å². The molecular formula is C16H19ClO. The first-order valence-corrected chi connectivity index (χ1v) is 6.47. The lowest BCUT2D eigenvalue weighted by Gasteiger charge is -2.00. The van der Waals surface area contributed by atoms with Crippen LogP contribution in [0.3, 0.4) is 0 Å². The van der Waals surface area contributed by atoms with Crippen LogP contribution in [0.1, 0.15) is 32.6 Å². The summed E-state index contributed by atoms with van der Waals surface area (Å²) in [7, 11) is 0. The molecule has 0 rings (SSSR count). The van der Waals surface area contributed by atoms with Gasteiger partial charge < -0.3 is 5.11 Å². The highest BCUT2D eigenvalue weighted by molar-refractivity contribution is 6.25. The maximum Gasteiger partial charge on any atom is 0.0512 e. The monoisotopic (exact) mass is 262 g/mol. The van der Waals surface area contributed by atoms with Gasteiger partial charge in [0.1, 0.15) is 0 Å². The highest BCUT2D eigenvalue weighted by atomic mass is 35.5. The van der Waals surface area contributed by atoms with Gasteiger partial charge in [0.2, 0.25) is 0 Å². The predicted molar refractivity (Wildman–Crippen MR) is 79.0 cm³/mol. The minimum absolute atomic E-state index is 0.189. The fourth-order valence-electron chi connectivity index (χ4n) is 1.15. The van der Waals surface area contributed by atoms with Gasteiger partial charge in [0.15, 0.2) is 0 Å².